The van der Waals surface area contributed by atoms with Crippen LogP contribution in [0.15, 0.2) is 0 Å². The van der Waals surface area contributed by atoms with Crippen LogP contribution in [0.25, 0.3) is 0 Å². The Morgan fingerprint density at radius 3 is 2.40 bits per heavy atom. The second-order valence-electron chi connectivity index (χ2n) is 5.90. The van der Waals surface area contributed by atoms with Gasteiger partial charge >= 0.3 is 0 Å². The Balaban J connectivity index is 1.90. The molecule has 0 aromatic carbocycles. The fraction of sp³-hybridized carbons (Fsp3) is 0.917. The monoisotopic (exact) mass is 290 g/mol. The van der Waals surface area contributed by atoms with Gasteiger partial charge in [-0.25, -0.2) is 0 Å². The van der Waals surface area contributed by atoms with Crippen molar-refractivity contribution in [2.24, 2.45) is 23.2 Å². The smallest absolute Gasteiger partial charge is 0.222 e. The van der Waals surface area contributed by atoms with Gasteiger partial charge in [0.2, 0.25) is 5.24 Å². The third-order valence-electron chi connectivity index (χ3n) is 4.82. The summed E-state index contributed by atoms with van der Waals surface area (Å²) in [5, 5.41) is -0.138. The van der Waals surface area contributed by atoms with E-state index in [0.29, 0.717) is 11.2 Å². The van der Waals surface area contributed by atoms with Crippen LogP contribution in [0.3, 0.4) is 0 Å². The highest BCUT2D eigenvalue weighted by atomic mass is 79.9. The van der Waals surface area contributed by atoms with Gasteiger partial charge in [0.05, 0.1) is 0 Å². The first-order valence-electron chi connectivity index (χ1n) is 5.91. The van der Waals surface area contributed by atoms with Gasteiger partial charge in [-0.05, 0) is 66.9 Å². The number of rotatable bonds is 2. The van der Waals surface area contributed by atoms with E-state index in [1.54, 1.807) is 0 Å². The Kier molecular flexibility index (Phi) is 2.44. The number of alkyl halides is 1. The van der Waals surface area contributed by atoms with Crippen molar-refractivity contribution in [3.05, 3.63) is 0 Å². The highest BCUT2D eigenvalue weighted by molar-refractivity contribution is 9.09. The summed E-state index contributed by atoms with van der Waals surface area (Å²) in [6, 6.07) is 0. The summed E-state index contributed by atoms with van der Waals surface area (Å²) in [5.41, 5.74) is 0.216. The largest absolute Gasteiger partial charge is 0.281 e. The molecule has 4 bridgehead atoms. The van der Waals surface area contributed by atoms with Crippen molar-refractivity contribution >= 4 is 32.8 Å². The molecule has 4 aliphatic rings. The normalized spacial score (nSPS) is 52.1. The number of hydrogen-bond donors (Lipinski definition) is 0. The number of carbonyl (C=O) groups excluding carboxylic acids is 1. The molecule has 4 aliphatic carbocycles. The Labute approximate surface area is 104 Å². The van der Waals surface area contributed by atoms with Gasteiger partial charge in [-0.2, -0.15) is 0 Å². The minimum atomic E-state index is -0.138. The first kappa shape index (κ1) is 10.6. The topological polar surface area (TPSA) is 17.1 Å². The van der Waals surface area contributed by atoms with Crippen molar-refractivity contribution in [3.8, 4) is 0 Å². The van der Waals surface area contributed by atoms with Crippen molar-refractivity contribution in [1.82, 2.24) is 0 Å². The van der Waals surface area contributed by atoms with E-state index in [9.17, 15) is 4.79 Å². The first-order valence-corrected chi connectivity index (χ1v) is 7.21. The molecule has 0 radical (unpaired) electrons. The van der Waals surface area contributed by atoms with Crippen LogP contribution in [0.4, 0.5) is 0 Å². The molecule has 0 N–H and O–H groups in total. The third-order valence-corrected chi connectivity index (χ3v) is 6.67. The van der Waals surface area contributed by atoms with E-state index >= 15 is 0 Å². The summed E-state index contributed by atoms with van der Waals surface area (Å²) >= 11 is 9.47. The molecule has 84 valence electrons. The predicted molar refractivity (Wildman–Crippen MR) is 64.2 cm³/mol. The molecule has 0 aromatic rings. The first-order chi connectivity index (χ1) is 7.09. The lowest BCUT2D eigenvalue weighted by Crippen LogP contribution is -2.53. The van der Waals surface area contributed by atoms with Crippen molar-refractivity contribution < 1.29 is 4.79 Å². The van der Waals surface area contributed by atoms with Crippen molar-refractivity contribution in [1.29, 1.82) is 0 Å². The van der Waals surface area contributed by atoms with Gasteiger partial charge in [0.15, 0.2) is 0 Å². The lowest BCUT2D eigenvalue weighted by molar-refractivity contribution is -0.118. The van der Waals surface area contributed by atoms with E-state index < -0.39 is 0 Å². The van der Waals surface area contributed by atoms with Gasteiger partial charge in [-0.1, -0.05) is 15.9 Å². The average molecular weight is 292 g/mol. The van der Waals surface area contributed by atoms with E-state index in [1.807, 2.05) is 0 Å². The second kappa shape index (κ2) is 3.46. The van der Waals surface area contributed by atoms with Crippen LogP contribution in [-0.4, -0.2) is 10.1 Å². The van der Waals surface area contributed by atoms with Gasteiger partial charge in [0, 0.05) is 11.2 Å². The number of halogens is 2. The average Bonchev–Trinajstić information content (AvgIpc) is 2.11. The van der Waals surface area contributed by atoms with Crippen LogP contribution in [0.2, 0.25) is 0 Å². The maximum absolute atomic E-state index is 11.2. The Morgan fingerprint density at radius 2 is 1.87 bits per heavy atom. The quantitative estimate of drug-likeness (QED) is 0.559. The molecule has 4 fully saturated rings. The number of hydrogen-bond acceptors (Lipinski definition) is 1. The minimum Gasteiger partial charge on any atom is -0.281 e. The molecule has 0 heterocycles. The molecule has 1 nitrogen and oxygen atoms in total. The maximum atomic E-state index is 11.2. The second-order valence-corrected chi connectivity index (χ2v) is 7.31. The van der Waals surface area contributed by atoms with Crippen LogP contribution in [0.1, 0.15) is 38.5 Å². The maximum Gasteiger partial charge on any atom is 0.222 e. The zero-order valence-electron chi connectivity index (χ0n) is 8.72. The zero-order valence-corrected chi connectivity index (χ0v) is 11.1. The molecule has 4 rings (SSSR count). The summed E-state index contributed by atoms with van der Waals surface area (Å²) in [4.78, 5) is 11.8. The molecule has 4 saturated carbocycles. The van der Waals surface area contributed by atoms with Crippen molar-refractivity contribution in [2.45, 2.75) is 43.4 Å². The molecule has 3 heteroatoms. The predicted octanol–water partition coefficient (Wildman–Crippen LogP) is 3.73. The fourth-order valence-corrected chi connectivity index (χ4v) is 5.90. The van der Waals surface area contributed by atoms with Gasteiger partial charge in [-0.3, -0.25) is 4.79 Å². The SMILES string of the molecule is O=C(Cl)CC12CC3CC(CC(C3)C1Br)C2. The molecular formula is C12H16BrClO. The van der Waals surface area contributed by atoms with Crippen LogP contribution in [0.5, 0.6) is 0 Å². The molecule has 15 heavy (non-hydrogen) atoms. The molecule has 3 atom stereocenters. The molecular weight excluding hydrogens is 275 g/mol. The highest BCUT2D eigenvalue weighted by Crippen LogP contribution is 2.63. The summed E-state index contributed by atoms with van der Waals surface area (Å²) in [5.74, 6) is 2.58. The Morgan fingerprint density at radius 1 is 1.27 bits per heavy atom. The van der Waals surface area contributed by atoms with Gasteiger partial charge in [-0.15, -0.1) is 0 Å². The highest BCUT2D eigenvalue weighted by Gasteiger charge is 2.56. The van der Waals surface area contributed by atoms with E-state index in [0.717, 1.165) is 17.8 Å². The van der Waals surface area contributed by atoms with E-state index in [-0.39, 0.29) is 10.7 Å². The lowest BCUT2D eigenvalue weighted by atomic mass is 9.49. The van der Waals surface area contributed by atoms with Crippen molar-refractivity contribution in [2.75, 3.05) is 0 Å². The number of carbonyl (C=O) groups is 1. The summed E-state index contributed by atoms with van der Waals surface area (Å²) in [6.07, 6.45) is 7.22. The van der Waals surface area contributed by atoms with Gasteiger partial charge in [0.1, 0.15) is 0 Å². The summed E-state index contributed by atoms with van der Waals surface area (Å²) < 4.78 is 0. The van der Waals surface area contributed by atoms with E-state index in [4.69, 9.17) is 11.6 Å². The van der Waals surface area contributed by atoms with Crippen LogP contribution in [0, 0.1) is 23.2 Å². The summed E-state index contributed by atoms with van der Waals surface area (Å²) in [7, 11) is 0. The standard InChI is InChI=1S/C12H16BrClO/c13-11-9-2-7-1-8(3-9)5-12(11,4-7)6-10(14)15/h7-9,11H,1-6H2. The van der Waals surface area contributed by atoms with Gasteiger partial charge in [0.25, 0.3) is 0 Å². The Bertz CT molecular complexity index is 290. The lowest BCUT2D eigenvalue weighted by Gasteiger charge is -2.59. The molecule has 0 aromatic heterocycles. The molecule has 0 amide bonds. The fourth-order valence-electron chi connectivity index (χ4n) is 4.67. The molecule has 0 aliphatic heterocycles. The molecule has 3 unspecified atom stereocenters. The van der Waals surface area contributed by atoms with E-state index in [1.165, 1.54) is 32.1 Å². The van der Waals surface area contributed by atoms with Crippen molar-refractivity contribution in [3.63, 3.8) is 0 Å². The van der Waals surface area contributed by atoms with Crippen LogP contribution < -0.4 is 0 Å². The third kappa shape index (κ3) is 1.59. The summed E-state index contributed by atoms with van der Waals surface area (Å²) in [6.45, 7) is 0. The van der Waals surface area contributed by atoms with E-state index in [2.05, 4.69) is 15.9 Å². The molecule has 0 spiro atoms. The van der Waals surface area contributed by atoms with Crippen LogP contribution in [-0.2, 0) is 4.79 Å². The van der Waals surface area contributed by atoms with Gasteiger partial charge < -0.3 is 0 Å². The van der Waals surface area contributed by atoms with Crippen LogP contribution >= 0.6 is 27.5 Å². The Hall–Kier alpha value is 0.440. The zero-order chi connectivity index (χ0) is 10.6. The minimum absolute atomic E-state index is 0.138. The molecule has 0 saturated heterocycles.